The predicted octanol–water partition coefficient (Wildman–Crippen LogP) is -0.244. The summed E-state index contributed by atoms with van der Waals surface area (Å²) in [5, 5.41) is 11.0. The van der Waals surface area contributed by atoms with Crippen molar-refractivity contribution < 1.29 is 19.4 Å². The molecule has 0 unspecified atom stereocenters. The van der Waals surface area contributed by atoms with Gasteiger partial charge in [0.1, 0.15) is 13.2 Å². The summed E-state index contributed by atoms with van der Waals surface area (Å²) in [5.41, 5.74) is -0.0658. The first-order chi connectivity index (χ1) is 6.02. The van der Waals surface area contributed by atoms with E-state index in [0.717, 1.165) is 12.8 Å². The Kier molecular flexibility index (Phi) is 2.87. The van der Waals surface area contributed by atoms with Crippen LogP contribution in [0.25, 0.3) is 0 Å². The minimum absolute atomic E-state index is 0.0658. The number of hydrogen-bond acceptors (Lipinski definition) is 3. The van der Waals surface area contributed by atoms with Crippen molar-refractivity contribution in [2.75, 3.05) is 13.2 Å². The summed E-state index contributed by atoms with van der Waals surface area (Å²) in [6.07, 6.45) is 1.97. The first-order valence-electron chi connectivity index (χ1n) is 4.12. The van der Waals surface area contributed by atoms with Crippen molar-refractivity contribution >= 4 is 11.9 Å². The van der Waals surface area contributed by atoms with Crippen LogP contribution < -0.4 is 5.32 Å². The van der Waals surface area contributed by atoms with Gasteiger partial charge < -0.3 is 15.2 Å². The predicted molar refractivity (Wildman–Crippen MR) is 44.2 cm³/mol. The van der Waals surface area contributed by atoms with Gasteiger partial charge in [-0.25, -0.2) is 4.79 Å². The number of ether oxygens (including phenoxy) is 1. The first-order valence-corrected chi connectivity index (χ1v) is 4.12. The fourth-order valence-corrected chi connectivity index (χ4v) is 0.916. The maximum absolute atomic E-state index is 11.1. The second-order valence-electron chi connectivity index (χ2n) is 3.50. The highest BCUT2D eigenvalue weighted by atomic mass is 16.5. The number of carbonyl (C=O) groups is 2. The summed E-state index contributed by atoms with van der Waals surface area (Å²) in [7, 11) is 0. The van der Waals surface area contributed by atoms with Crippen molar-refractivity contribution in [3.63, 3.8) is 0 Å². The van der Waals surface area contributed by atoms with E-state index in [0.29, 0.717) is 0 Å². The number of rotatable bonds is 5. The highest BCUT2D eigenvalue weighted by Gasteiger charge is 2.38. The van der Waals surface area contributed by atoms with E-state index in [-0.39, 0.29) is 18.1 Å². The van der Waals surface area contributed by atoms with Crippen molar-refractivity contribution in [2.45, 2.75) is 25.3 Å². The Morgan fingerprint density at radius 2 is 2.08 bits per heavy atom. The lowest BCUT2D eigenvalue weighted by Gasteiger charge is -2.10. The molecule has 0 aromatic rings. The molecule has 1 amide bonds. The number of amides is 1. The van der Waals surface area contributed by atoms with Crippen LogP contribution >= 0.6 is 0 Å². The van der Waals surface area contributed by atoms with E-state index in [1.54, 1.807) is 0 Å². The van der Waals surface area contributed by atoms with Crippen molar-refractivity contribution in [3.05, 3.63) is 0 Å². The minimum Gasteiger partial charge on any atom is -0.480 e. The third kappa shape index (κ3) is 3.89. The molecule has 0 atom stereocenters. The molecule has 0 saturated heterocycles. The number of hydrogen-bond donors (Lipinski definition) is 2. The van der Waals surface area contributed by atoms with Crippen LogP contribution in [0.2, 0.25) is 0 Å². The van der Waals surface area contributed by atoms with E-state index in [1.165, 1.54) is 0 Å². The molecule has 0 aromatic heterocycles. The molecule has 1 rings (SSSR count). The molecule has 1 saturated carbocycles. The molecule has 1 aliphatic rings. The molecule has 5 nitrogen and oxygen atoms in total. The average Bonchev–Trinajstić information content (AvgIpc) is 2.66. The van der Waals surface area contributed by atoms with Gasteiger partial charge in [0.15, 0.2) is 0 Å². The minimum atomic E-state index is -1.06. The molecule has 2 N–H and O–H groups in total. The van der Waals surface area contributed by atoms with Crippen molar-refractivity contribution in [1.29, 1.82) is 0 Å². The normalized spacial score (nSPS) is 17.9. The molecular formula is C8H13NO4. The van der Waals surface area contributed by atoms with Crippen molar-refractivity contribution in [2.24, 2.45) is 0 Å². The molecule has 0 radical (unpaired) electrons. The van der Waals surface area contributed by atoms with E-state index in [1.807, 2.05) is 6.92 Å². The highest BCUT2D eigenvalue weighted by molar-refractivity contribution is 5.78. The lowest BCUT2D eigenvalue weighted by atomic mass is 10.3. The fraction of sp³-hybridized carbons (Fsp3) is 0.750. The maximum atomic E-state index is 11.1. The number of carbonyl (C=O) groups excluding carboxylic acids is 1. The second kappa shape index (κ2) is 3.74. The molecule has 74 valence electrons. The van der Waals surface area contributed by atoms with Gasteiger partial charge in [-0.3, -0.25) is 4.79 Å². The maximum Gasteiger partial charge on any atom is 0.329 e. The Balaban J connectivity index is 2.07. The number of aliphatic carboxylic acids is 1. The lowest BCUT2D eigenvalue weighted by Crippen LogP contribution is -2.37. The Hall–Kier alpha value is -1.10. The lowest BCUT2D eigenvalue weighted by molar-refractivity contribution is -0.143. The van der Waals surface area contributed by atoms with Crippen LogP contribution in [-0.2, 0) is 14.3 Å². The van der Waals surface area contributed by atoms with Crippen molar-refractivity contribution in [1.82, 2.24) is 5.32 Å². The van der Waals surface area contributed by atoms with Gasteiger partial charge in [-0.15, -0.1) is 0 Å². The summed E-state index contributed by atoms with van der Waals surface area (Å²) >= 11 is 0. The molecule has 0 spiro atoms. The Bertz CT molecular complexity index is 222. The van der Waals surface area contributed by atoms with Gasteiger partial charge in [-0.1, -0.05) is 0 Å². The molecule has 0 aliphatic heterocycles. The molecule has 0 aromatic carbocycles. The largest absolute Gasteiger partial charge is 0.480 e. The first kappa shape index (κ1) is 9.98. The SMILES string of the molecule is CC1(NC(=O)COCC(=O)O)CC1. The molecule has 13 heavy (non-hydrogen) atoms. The standard InChI is InChI=1S/C8H13NO4/c1-8(2-3-8)9-6(10)4-13-5-7(11)12/h2-5H2,1H3,(H,9,10)(H,11,12). The van der Waals surface area contributed by atoms with Gasteiger partial charge in [-0.05, 0) is 19.8 Å². The van der Waals surface area contributed by atoms with Crippen LogP contribution in [0.5, 0.6) is 0 Å². The fourth-order valence-electron chi connectivity index (χ4n) is 0.916. The van der Waals surface area contributed by atoms with E-state index >= 15 is 0 Å². The van der Waals surface area contributed by atoms with Crippen LogP contribution in [0, 0.1) is 0 Å². The summed E-state index contributed by atoms with van der Waals surface area (Å²) in [6.45, 7) is 1.34. The summed E-state index contributed by atoms with van der Waals surface area (Å²) in [5.74, 6) is -1.31. The topological polar surface area (TPSA) is 75.6 Å². The van der Waals surface area contributed by atoms with Crippen LogP contribution in [0.1, 0.15) is 19.8 Å². The molecule has 5 heteroatoms. The zero-order chi connectivity index (χ0) is 9.90. The molecule has 0 bridgehead atoms. The Morgan fingerprint density at radius 3 is 2.54 bits per heavy atom. The third-order valence-electron chi connectivity index (χ3n) is 1.90. The number of carboxylic acid groups (broad SMARTS) is 1. The monoisotopic (exact) mass is 187 g/mol. The van der Waals surface area contributed by atoms with Gasteiger partial charge in [0.2, 0.25) is 5.91 Å². The van der Waals surface area contributed by atoms with E-state index < -0.39 is 12.6 Å². The van der Waals surface area contributed by atoms with Gasteiger partial charge in [-0.2, -0.15) is 0 Å². The van der Waals surface area contributed by atoms with Crippen LogP contribution in [0.3, 0.4) is 0 Å². The molecular weight excluding hydrogens is 174 g/mol. The Morgan fingerprint density at radius 1 is 1.46 bits per heavy atom. The average molecular weight is 187 g/mol. The van der Waals surface area contributed by atoms with E-state index in [2.05, 4.69) is 10.1 Å². The molecule has 1 aliphatic carbocycles. The number of carboxylic acids is 1. The van der Waals surface area contributed by atoms with Gasteiger partial charge in [0.05, 0.1) is 0 Å². The van der Waals surface area contributed by atoms with Crippen molar-refractivity contribution in [3.8, 4) is 0 Å². The smallest absolute Gasteiger partial charge is 0.329 e. The zero-order valence-corrected chi connectivity index (χ0v) is 7.50. The van der Waals surface area contributed by atoms with Gasteiger partial charge in [0.25, 0.3) is 0 Å². The summed E-state index contributed by atoms with van der Waals surface area (Å²) < 4.78 is 4.62. The van der Waals surface area contributed by atoms with Gasteiger partial charge in [0, 0.05) is 5.54 Å². The quantitative estimate of drug-likeness (QED) is 0.622. The second-order valence-corrected chi connectivity index (χ2v) is 3.50. The summed E-state index contributed by atoms with van der Waals surface area (Å²) in [4.78, 5) is 21.1. The van der Waals surface area contributed by atoms with Crippen LogP contribution in [0.4, 0.5) is 0 Å². The van der Waals surface area contributed by atoms with E-state index in [4.69, 9.17) is 5.11 Å². The van der Waals surface area contributed by atoms with Gasteiger partial charge >= 0.3 is 5.97 Å². The Labute approximate surface area is 76.1 Å². The summed E-state index contributed by atoms with van der Waals surface area (Å²) in [6, 6.07) is 0. The highest BCUT2D eigenvalue weighted by Crippen LogP contribution is 2.33. The van der Waals surface area contributed by atoms with Crippen LogP contribution in [0.15, 0.2) is 0 Å². The number of nitrogens with one attached hydrogen (secondary N) is 1. The third-order valence-corrected chi connectivity index (χ3v) is 1.90. The van der Waals surface area contributed by atoms with Crippen LogP contribution in [-0.4, -0.2) is 35.7 Å². The van der Waals surface area contributed by atoms with E-state index in [9.17, 15) is 9.59 Å². The zero-order valence-electron chi connectivity index (χ0n) is 7.50. The molecule has 0 heterocycles. The molecule has 1 fully saturated rings.